The summed E-state index contributed by atoms with van der Waals surface area (Å²) in [6.07, 6.45) is 0. The first kappa shape index (κ1) is 10.4. The van der Waals surface area contributed by atoms with Crippen molar-refractivity contribution < 1.29 is 9.53 Å². The van der Waals surface area contributed by atoms with Crippen molar-refractivity contribution in [1.29, 1.82) is 0 Å². The van der Waals surface area contributed by atoms with Gasteiger partial charge in [-0.3, -0.25) is 4.79 Å². The summed E-state index contributed by atoms with van der Waals surface area (Å²) in [5.74, 6) is -0.0996. The van der Waals surface area contributed by atoms with Crippen LogP contribution in [0.3, 0.4) is 0 Å². The van der Waals surface area contributed by atoms with Crippen LogP contribution in [-0.2, 0) is 15.1 Å². The molecule has 0 saturated carbocycles. The molecule has 0 aliphatic carbocycles. The molecule has 1 rings (SSSR count). The lowest BCUT2D eigenvalue weighted by Gasteiger charge is -2.20. The van der Waals surface area contributed by atoms with Gasteiger partial charge in [0.1, 0.15) is 12.1 Å². The van der Waals surface area contributed by atoms with E-state index in [-0.39, 0.29) is 12.4 Å². The Morgan fingerprint density at radius 2 is 2.46 bits per heavy atom. The Morgan fingerprint density at radius 3 is 2.92 bits per heavy atom. The molecule has 4 heteroatoms. The second-order valence-corrected chi connectivity index (χ2v) is 3.98. The van der Waals surface area contributed by atoms with Gasteiger partial charge in [0.15, 0.2) is 5.78 Å². The first-order chi connectivity index (χ1) is 6.09. The van der Waals surface area contributed by atoms with Gasteiger partial charge >= 0.3 is 0 Å². The SMILES string of the molecule is COCC(=O)C(C)(N)c1cccs1. The second-order valence-electron chi connectivity index (χ2n) is 3.04. The number of Topliss-reactive ketones (excluding diaryl/α,β-unsaturated/α-hetero) is 1. The van der Waals surface area contributed by atoms with Crippen LogP contribution >= 0.6 is 11.3 Å². The zero-order valence-electron chi connectivity index (χ0n) is 7.74. The molecule has 1 aromatic rings. The van der Waals surface area contributed by atoms with Gasteiger partial charge in [0.05, 0.1) is 0 Å². The van der Waals surface area contributed by atoms with Crippen molar-refractivity contribution in [3.63, 3.8) is 0 Å². The molecule has 1 aromatic heterocycles. The van der Waals surface area contributed by atoms with Crippen LogP contribution < -0.4 is 5.73 Å². The highest BCUT2D eigenvalue weighted by Crippen LogP contribution is 2.23. The van der Waals surface area contributed by atoms with Crippen LogP contribution in [0.15, 0.2) is 17.5 Å². The minimum absolute atomic E-state index is 0.0604. The number of hydrogen-bond acceptors (Lipinski definition) is 4. The number of ketones is 1. The van der Waals surface area contributed by atoms with Gasteiger partial charge in [-0.1, -0.05) is 6.07 Å². The van der Waals surface area contributed by atoms with Crippen molar-refractivity contribution >= 4 is 17.1 Å². The third-order valence-corrected chi connectivity index (χ3v) is 2.99. The summed E-state index contributed by atoms with van der Waals surface area (Å²) < 4.78 is 4.76. The summed E-state index contributed by atoms with van der Waals surface area (Å²) in [6.45, 7) is 1.77. The Balaban J connectivity index is 2.82. The normalized spacial score (nSPS) is 15.3. The molecule has 0 aliphatic heterocycles. The fourth-order valence-electron chi connectivity index (χ4n) is 0.992. The summed E-state index contributed by atoms with van der Waals surface area (Å²) in [6, 6.07) is 3.74. The van der Waals surface area contributed by atoms with E-state index in [0.717, 1.165) is 4.88 Å². The van der Waals surface area contributed by atoms with E-state index in [0.29, 0.717) is 0 Å². The van der Waals surface area contributed by atoms with Gasteiger partial charge in [0.2, 0.25) is 0 Å². The van der Waals surface area contributed by atoms with Crippen molar-refractivity contribution in [2.45, 2.75) is 12.5 Å². The van der Waals surface area contributed by atoms with Crippen LogP contribution in [0, 0.1) is 0 Å². The van der Waals surface area contributed by atoms with Crippen LogP contribution in [0.5, 0.6) is 0 Å². The third kappa shape index (κ3) is 2.15. The molecule has 0 radical (unpaired) electrons. The maximum atomic E-state index is 11.5. The first-order valence-electron chi connectivity index (χ1n) is 3.94. The summed E-state index contributed by atoms with van der Waals surface area (Å²) in [7, 11) is 1.49. The maximum Gasteiger partial charge on any atom is 0.183 e. The lowest BCUT2D eigenvalue weighted by Crippen LogP contribution is -2.43. The Labute approximate surface area is 81.5 Å². The van der Waals surface area contributed by atoms with Crippen LogP contribution in [0.25, 0.3) is 0 Å². The Kier molecular flexibility index (Phi) is 3.19. The number of methoxy groups -OCH3 is 1. The largest absolute Gasteiger partial charge is 0.377 e. The van der Waals surface area contributed by atoms with Crippen molar-refractivity contribution in [3.8, 4) is 0 Å². The quantitative estimate of drug-likeness (QED) is 0.791. The number of ether oxygens (including phenoxy) is 1. The molecular formula is C9H13NO2S. The van der Waals surface area contributed by atoms with E-state index in [2.05, 4.69) is 0 Å². The number of thiophene rings is 1. The minimum Gasteiger partial charge on any atom is -0.377 e. The smallest absolute Gasteiger partial charge is 0.183 e. The number of carbonyl (C=O) groups is 1. The van der Waals surface area contributed by atoms with E-state index in [1.165, 1.54) is 18.4 Å². The van der Waals surface area contributed by atoms with Crippen molar-refractivity contribution in [1.82, 2.24) is 0 Å². The zero-order valence-corrected chi connectivity index (χ0v) is 8.56. The van der Waals surface area contributed by atoms with Gasteiger partial charge < -0.3 is 10.5 Å². The number of carbonyl (C=O) groups excluding carboxylic acids is 1. The lowest BCUT2D eigenvalue weighted by molar-refractivity contribution is -0.127. The van der Waals surface area contributed by atoms with Crippen LogP contribution in [0.1, 0.15) is 11.8 Å². The van der Waals surface area contributed by atoms with E-state index in [1.54, 1.807) is 6.92 Å². The van der Waals surface area contributed by atoms with Crippen molar-refractivity contribution in [3.05, 3.63) is 22.4 Å². The number of rotatable bonds is 4. The van der Waals surface area contributed by atoms with Crippen LogP contribution in [0.4, 0.5) is 0 Å². The van der Waals surface area contributed by atoms with E-state index in [4.69, 9.17) is 10.5 Å². The number of hydrogen-bond donors (Lipinski definition) is 1. The Hall–Kier alpha value is -0.710. The molecule has 0 amide bonds. The highest BCUT2D eigenvalue weighted by Gasteiger charge is 2.30. The molecule has 0 aromatic carbocycles. The van der Waals surface area contributed by atoms with Crippen LogP contribution in [0.2, 0.25) is 0 Å². The molecule has 72 valence electrons. The average Bonchev–Trinajstić information content (AvgIpc) is 2.56. The van der Waals surface area contributed by atoms with E-state index in [9.17, 15) is 4.79 Å². The molecule has 1 atom stereocenters. The standard InChI is InChI=1S/C9H13NO2S/c1-9(10,7(11)6-12-2)8-4-3-5-13-8/h3-5H,6,10H2,1-2H3. The fourth-order valence-corrected chi connectivity index (χ4v) is 1.81. The molecule has 0 aliphatic rings. The van der Waals surface area contributed by atoms with Gasteiger partial charge in [-0.25, -0.2) is 0 Å². The highest BCUT2D eigenvalue weighted by molar-refractivity contribution is 7.10. The van der Waals surface area contributed by atoms with Gasteiger partial charge in [-0.05, 0) is 18.4 Å². The van der Waals surface area contributed by atoms with Crippen molar-refractivity contribution in [2.75, 3.05) is 13.7 Å². The topological polar surface area (TPSA) is 52.3 Å². The van der Waals surface area contributed by atoms with Crippen LogP contribution in [-0.4, -0.2) is 19.5 Å². The predicted molar refractivity (Wildman–Crippen MR) is 52.7 cm³/mol. The Bertz CT molecular complexity index is 280. The van der Waals surface area contributed by atoms with Gasteiger partial charge in [0, 0.05) is 12.0 Å². The average molecular weight is 199 g/mol. The maximum absolute atomic E-state index is 11.5. The summed E-state index contributed by atoms with van der Waals surface area (Å²) in [5.41, 5.74) is 4.98. The van der Waals surface area contributed by atoms with E-state index in [1.807, 2.05) is 17.5 Å². The number of nitrogens with two attached hydrogens (primary N) is 1. The van der Waals surface area contributed by atoms with Gasteiger partial charge in [-0.2, -0.15) is 0 Å². The van der Waals surface area contributed by atoms with Gasteiger partial charge in [0.25, 0.3) is 0 Å². The minimum atomic E-state index is -0.913. The molecule has 2 N–H and O–H groups in total. The molecule has 0 bridgehead atoms. The summed E-state index contributed by atoms with van der Waals surface area (Å²) in [4.78, 5) is 12.4. The lowest BCUT2D eigenvalue weighted by atomic mass is 9.96. The zero-order chi connectivity index (χ0) is 9.90. The predicted octanol–water partition coefficient (Wildman–Crippen LogP) is 1.14. The van der Waals surface area contributed by atoms with E-state index >= 15 is 0 Å². The summed E-state index contributed by atoms with van der Waals surface area (Å²) in [5, 5.41) is 1.90. The molecule has 1 unspecified atom stereocenters. The fraction of sp³-hybridized carbons (Fsp3) is 0.444. The monoisotopic (exact) mass is 199 g/mol. The molecule has 0 spiro atoms. The second kappa shape index (κ2) is 4.00. The molecule has 13 heavy (non-hydrogen) atoms. The summed E-state index contributed by atoms with van der Waals surface area (Å²) >= 11 is 1.48. The third-order valence-electron chi connectivity index (χ3n) is 1.89. The van der Waals surface area contributed by atoms with Gasteiger partial charge in [-0.15, -0.1) is 11.3 Å². The molecular weight excluding hydrogens is 186 g/mol. The first-order valence-corrected chi connectivity index (χ1v) is 4.82. The molecule has 0 fully saturated rings. The Morgan fingerprint density at radius 1 is 1.77 bits per heavy atom. The van der Waals surface area contributed by atoms with Crippen molar-refractivity contribution in [2.24, 2.45) is 5.73 Å². The molecule has 3 nitrogen and oxygen atoms in total. The van der Waals surface area contributed by atoms with E-state index < -0.39 is 5.54 Å². The highest BCUT2D eigenvalue weighted by atomic mass is 32.1. The molecule has 1 heterocycles. The molecule has 0 saturated heterocycles.